The largest absolute Gasteiger partial charge is 0.481 e. The fourth-order valence-electron chi connectivity index (χ4n) is 6.48. The third-order valence-electron chi connectivity index (χ3n) is 10.1. The second kappa shape index (κ2) is 26.2. The zero-order valence-corrected chi connectivity index (χ0v) is 39.9. The van der Waals surface area contributed by atoms with Crippen molar-refractivity contribution < 1.29 is 80.5 Å². The molecule has 3 rings (SSSR count). The van der Waals surface area contributed by atoms with Crippen molar-refractivity contribution in [1.82, 2.24) is 30.2 Å². The number of aromatic nitrogens is 4. The van der Waals surface area contributed by atoms with Crippen LogP contribution >= 0.6 is 35.2 Å². The summed E-state index contributed by atoms with van der Waals surface area (Å²) in [7, 11) is -16.4. The lowest BCUT2D eigenvalue weighted by molar-refractivity contribution is -0.137. The molecule has 3 heterocycles. The first-order valence-corrected chi connectivity index (χ1v) is 26.5. The third-order valence-corrected chi connectivity index (χ3v) is 14.3. The average Bonchev–Trinajstić information content (AvgIpc) is 3.78. The highest BCUT2D eigenvalue weighted by molar-refractivity contribution is 8.13. The molecule has 2 aromatic heterocycles. The summed E-state index contributed by atoms with van der Waals surface area (Å²) in [6.07, 6.45) is 6.19. The second-order valence-electron chi connectivity index (χ2n) is 16.1. The maximum absolute atomic E-state index is 12.7. The number of rotatable bonds is 31. The number of aliphatic hydroxyl groups is 2. The van der Waals surface area contributed by atoms with E-state index in [1.54, 1.807) is 0 Å². The molecule has 2 aromatic rings. The smallest absolute Gasteiger partial charge is 0.386 e. The van der Waals surface area contributed by atoms with Crippen LogP contribution in [0.15, 0.2) is 12.7 Å². The average molecular weight is 992 g/mol. The summed E-state index contributed by atoms with van der Waals surface area (Å²) in [5, 5.41) is 26.7. The number of hydrogen-bond donors (Lipinski definition) is 9. The Morgan fingerprint density at radius 1 is 0.938 bits per heavy atom. The number of nitrogens with zero attached hydrogens (tertiary/aromatic N) is 4. The summed E-state index contributed by atoms with van der Waals surface area (Å²) in [4.78, 5) is 88.6. The molecule has 1 aliphatic heterocycles. The lowest BCUT2D eigenvalue weighted by atomic mass is 9.87. The van der Waals surface area contributed by atoms with E-state index in [1.807, 2.05) is 6.92 Å². The van der Waals surface area contributed by atoms with Gasteiger partial charge in [0, 0.05) is 36.6 Å². The number of carbonyl (C=O) groups excluding carboxylic acids is 3. The molecule has 10 N–H and O–H groups in total. The minimum atomic E-state index is -5.57. The number of anilines is 1. The van der Waals surface area contributed by atoms with Gasteiger partial charge in [0.05, 0.1) is 19.5 Å². The Morgan fingerprint density at radius 3 is 2.20 bits per heavy atom. The molecule has 2 amide bonds. The Labute approximate surface area is 376 Å². The fourth-order valence-corrected chi connectivity index (χ4v) is 10.1. The van der Waals surface area contributed by atoms with Crippen molar-refractivity contribution >= 4 is 69.1 Å². The molecule has 366 valence electrons. The van der Waals surface area contributed by atoms with E-state index in [2.05, 4.69) is 41.3 Å². The van der Waals surface area contributed by atoms with Crippen molar-refractivity contribution in [2.24, 2.45) is 11.3 Å². The van der Waals surface area contributed by atoms with Gasteiger partial charge in [-0.2, -0.15) is 4.31 Å². The zero-order valence-electron chi connectivity index (χ0n) is 36.4. The van der Waals surface area contributed by atoms with Gasteiger partial charge >= 0.3 is 23.5 Å². The summed E-state index contributed by atoms with van der Waals surface area (Å²) in [6, 6.07) is 0. The number of hydrogen-bond acceptors (Lipinski definition) is 18. The van der Waals surface area contributed by atoms with Gasteiger partial charge in [0.2, 0.25) is 11.8 Å². The Morgan fingerprint density at radius 2 is 1.56 bits per heavy atom. The van der Waals surface area contributed by atoms with E-state index >= 15 is 0 Å². The van der Waals surface area contributed by atoms with Crippen LogP contribution < -0.4 is 16.4 Å². The molecule has 64 heavy (non-hydrogen) atoms. The molecule has 0 aliphatic carbocycles. The predicted octanol–water partition coefficient (Wildman–Crippen LogP) is 3.61. The van der Waals surface area contributed by atoms with Crippen molar-refractivity contribution in [2.45, 2.75) is 135 Å². The summed E-state index contributed by atoms with van der Waals surface area (Å²) in [5.41, 5.74) is 4.28. The van der Waals surface area contributed by atoms with Gasteiger partial charge < -0.3 is 50.9 Å². The van der Waals surface area contributed by atoms with Crippen LogP contribution in [0.5, 0.6) is 0 Å². The molecular weight excluding hydrogens is 927 g/mol. The fraction of sp³-hybridized carbons (Fsp3) is 0.778. The van der Waals surface area contributed by atoms with E-state index in [0.29, 0.717) is 5.75 Å². The van der Waals surface area contributed by atoms with Crippen LogP contribution in [0.3, 0.4) is 0 Å². The summed E-state index contributed by atoms with van der Waals surface area (Å²) >= 11 is 1.16. The highest BCUT2D eigenvalue weighted by Crippen LogP contribution is 2.61. The molecule has 0 radical (unpaired) electrons. The highest BCUT2D eigenvalue weighted by atomic mass is 32.2. The van der Waals surface area contributed by atoms with Crippen LogP contribution in [-0.2, 0) is 50.7 Å². The molecule has 3 unspecified atom stereocenters. The van der Waals surface area contributed by atoms with Crippen LogP contribution in [0, 0.1) is 11.3 Å². The molecule has 1 aliphatic rings. The van der Waals surface area contributed by atoms with Gasteiger partial charge in [0.15, 0.2) is 22.8 Å². The Hall–Kier alpha value is -2.44. The van der Waals surface area contributed by atoms with Gasteiger partial charge in [0.25, 0.3) is 0 Å². The van der Waals surface area contributed by atoms with Gasteiger partial charge in [-0.15, -0.1) is 0 Å². The van der Waals surface area contributed by atoms with Crippen LogP contribution in [0.4, 0.5) is 5.82 Å². The van der Waals surface area contributed by atoms with Crippen LogP contribution in [0.25, 0.3) is 11.2 Å². The highest BCUT2D eigenvalue weighted by Gasteiger charge is 2.50. The molecule has 0 bridgehead atoms. The van der Waals surface area contributed by atoms with Crippen LogP contribution in [0.2, 0.25) is 0 Å². The quantitative estimate of drug-likeness (QED) is 0.0385. The maximum atomic E-state index is 12.7. The van der Waals surface area contributed by atoms with Crippen molar-refractivity contribution in [3.05, 3.63) is 12.7 Å². The second-order valence-corrected chi connectivity index (χ2v) is 21.4. The number of thioether (sulfide) groups is 1. The van der Waals surface area contributed by atoms with Crippen molar-refractivity contribution in [2.75, 3.05) is 37.8 Å². The number of phosphoric ester groups is 3. The van der Waals surface area contributed by atoms with Crippen LogP contribution in [0.1, 0.15) is 111 Å². The lowest BCUT2D eigenvalue weighted by Gasteiger charge is -2.30. The first-order chi connectivity index (χ1) is 30.0. The van der Waals surface area contributed by atoms with Crippen molar-refractivity contribution in [3.8, 4) is 0 Å². The minimum Gasteiger partial charge on any atom is -0.386 e. The van der Waals surface area contributed by atoms with E-state index in [-0.39, 0.29) is 47.5 Å². The predicted molar refractivity (Wildman–Crippen MR) is 233 cm³/mol. The maximum Gasteiger partial charge on any atom is 0.481 e. The number of unbranched alkanes of at least 4 members (excludes halogenated alkanes) is 9. The van der Waals surface area contributed by atoms with E-state index < -0.39 is 84.6 Å². The van der Waals surface area contributed by atoms with E-state index in [4.69, 9.17) is 19.5 Å². The molecule has 0 saturated carbocycles. The number of imidazole rings is 1. The molecule has 0 aromatic carbocycles. The van der Waals surface area contributed by atoms with Gasteiger partial charge in [-0.1, -0.05) is 104 Å². The van der Waals surface area contributed by atoms with Gasteiger partial charge in [-0.3, -0.25) is 32.5 Å². The Balaban J connectivity index is 1.36. The normalized spacial score (nSPS) is 21.0. The number of nitrogen functional groups attached to an aromatic ring is 1. The van der Waals surface area contributed by atoms with E-state index in [0.717, 1.165) is 48.2 Å². The molecule has 28 heteroatoms. The summed E-state index contributed by atoms with van der Waals surface area (Å²) < 4.78 is 62.4. The number of nitrogens with one attached hydrogen (secondary N) is 2. The summed E-state index contributed by atoms with van der Waals surface area (Å²) in [5.74, 6) is -1.11. The molecular formula is C36H64N7O17P3S. The monoisotopic (exact) mass is 991 g/mol. The lowest BCUT2D eigenvalue weighted by Crippen LogP contribution is -2.46. The standard InChI is InChI=1S/C36H64N7O17P3S/c1-5-6-7-8-9-10-11-12-13-14-15-24(2)35(48)64-19-18-38-26(44)16-17-39-33(47)30(46)36(3,4)21-57-63(54,55)60-62(52,53)56-20-25-29(59-61(49,50)51)28(45)34(58-25)43-23-42-27-31(37)40-22-41-32(27)43/h22-25,28-30,34,45-46H,5-21H2,1-4H3,(H,38,44)(H,39,47)(H,52,53)(H,54,55)(H2,37,40,41)(H2,49,50,51)/t24?,25-,28-,29-,30+,34+/m1/s1. The number of ether oxygens (including phenoxy) is 1. The van der Waals surface area contributed by atoms with Crippen molar-refractivity contribution in [3.63, 3.8) is 0 Å². The molecule has 1 saturated heterocycles. The molecule has 0 spiro atoms. The van der Waals surface area contributed by atoms with Gasteiger partial charge in [0.1, 0.15) is 36.3 Å². The number of nitrogens with two attached hydrogens (primary N) is 1. The van der Waals surface area contributed by atoms with Gasteiger partial charge in [-0.25, -0.2) is 28.6 Å². The van der Waals surface area contributed by atoms with E-state index in [1.165, 1.54) is 65.2 Å². The Kier molecular flexibility index (Phi) is 22.9. The first-order valence-electron chi connectivity index (χ1n) is 21.0. The molecule has 1 fully saturated rings. The number of amides is 2. The van der Waals surface area contributed by atoms with Crippen LogP contribution in [-0.4, -0.2) is 123 Å². The van der Waals surface area contributed by atoms with Crippen molar-refractivity contribution in [1.29, 1.82) is 0 Å². The zero-order chi connectivity index (χ0) is 47.7. The summed E-state index contributed by atoms with van der Waals surface area (Å²) in [6.45, 7) is 4.69. The molecule has 24 nitrogen and oxygen atoms in total. The third kappa shape index (κ3) is 19.0. The van der Waals surface area contributed by atoms with E-state index in [9.17, 15) is 57.9 Å². The number of aliphatic hydroxyl groups excluding tert-OH is 2. The SMILES string of the molecule is CCCCCCCCCCCCC(C)C(=O)SCCNC(=O)CCNC(=O)[C@H](O)C(C)(C)COP(=O)(O)OP(=O)(O)OC[C@H]1O[C@H](n2cnc3c(N)ncnc32)[C@H](O)[C@@H]1OP(=O)(O)O. The first kappa shape index (κ1) is 55.9. The topological polar surface area (TPSA) is 364 Å². The minimum absolute atomic E-state index is 0.0333. The number of phosphoric acid groups is 3. The van der Waals surface area contributed by atoms with Gasteiger partial charge in [-0.05, 0) is 6.42 Å². The molecule has 8 atom stereocenters. The Bertz CT molecular complexity index is 1960. The number of carbonyl (C=O) groups is 3. The number of fused-ring (bicyclic) bond motifs is 1.